The van der Waals surface area contributed by atoms with Crippen LogP contribution in [0.4, 0.5) is 0 Å². The van der Waals surface area contributed by atoms with Gasteiger partial charge >= 0.3 is 21.7 Å². The Hall–Kier alpha value is -3.46. The molecule has 1 aliphatic carbocycles. The first-order chi connectivity index (χ1) is 26.2. The molecule has 12 nitrogen and oxygen atoms in total. The van der Waals surface area contributed by atoms with Gasteiger partial charge in [-0.3, -0.25) is 6.08 Å². The van der Waals surface area contributed by atoms with Crippen LogP contribution in [0.1, 0.15) is 44.4 Å². The summed E-state index contributed by atoms with van der Waals surface area (Å²) in [6, 6.07) is 0. The monoisotopic (exact) mass is 934 g/mol. The van der Waals surface area contributed by atoms with Gasteiger partial charge in [0.05, 0.1) is 85.3 Å². The zero-order valence-corrected chi connectivity index (χ0v) is 42.4. The van der Waals surface area contributed by atoms with Gasteiger partial charge in [-0.15, -0.1) is 6.92 Å². The first-order valence-corrected chi connectivity index (χ1v) is 19.6. The predicted octanol–water partition coefficient (Wildman–Crippen LogP) is -2.95. The molecule has 0 radical (unpaired) electrons. The molecule has 0 saturated carbocycles. The van der Waals surface area contributed by atoms with Gasteiger partial charge in [0.1, 0.15) is 17.2 Å². The molecule has 0 saturated heterocycles. The number of ether oxygens (including phenoxy) is 12. The minimum Gasteiger partial charge on any atom is -1.00 e. The summed E-state index contributed by atoms with van der Waals surface area (Å²) in [5.74, 6) is 4.78. The van der Waals surface area contributed by atoms with Gasteiger partial charge in [0.2, 0.25) is 17.2 Å². The van der Waals surface area contributed by atoms with E-state index in [0.717, 1.165) is 16.7 Å². The number of allylic oxidation sites excluding steroid dienone is 4. The van der Waals surface area contributed by atoms with Crippen LogP contribution in [0.5, 0.6) is 69.0 Å². The van der Waals surface area contributed by atoms with Gasteiger partial charge < -0.3 is 94.1 Å². The zero-order valence-electron chi connectivity index (χ0n) is 37.5. The van der Waals surface area contributed by atoms with Crippen LogP contribution in [0.2, 0.25) is 5.04 Å². The van der Waals surface area contributed by atoms with Crippen molar-refractivity contribution in [1.29, 1.82) is 0 Å². The quantitative estimate of drug-likeness (QED) is 0.0834. The van der Waals surface area contributed by atoms with Crippen LogP contribution in [0, 0.1) is 26.8 Å². The smallest absolute Gasteiger partial charge is 1.00 e. The minimum absolute atomic E-state index is 0. The van der Waals surface area contributed by atoms with E-state index >= 15 is 0 Å². The molecule has 0 heterocycles. The van der Waals surface area contributed by atoms with Crippen molar-refractivity contribution in [3.8, 4) is 69.0 Å². The van der Waals surface area contributed by atoms with E-state index in [1.54, 1.807) is 85.3 Å². The Morgan fingerprint density at radius 1 is 0.356 bits per heavy atom. The van der Waals surface area contributed by atoms with Crippen molar-refractivity contribution in [2.75, 3.05) is 85.3 Å². The van der Waals surface area contributed by atoms with Crippen LogP contribution in [-0.4, -0.2) is 93.4 Å². The first-order valence-electron chi connectivity index (χ1n) is 17.6. The summed E-state index contributed by atoms with van der Waals surface area (Å²) in [7, 11) is 14.7. The SMILES string of the molecule is COc1c(C)c(OC)c([Si](c2c(OC)c(C)c(OC)c(OC)c2OC)(c2c(OC)c(C)c(OC)c(OC)c2OC)C2(C)[C-]=C(C)C(C)=C2C)c(OC)c1OC.[Cl-].[Cl-].[Cl-].[Ti+4]. The molecule has 0 spiro atoms. The van der Waals surface area contributed by atoms with Crippen molar-refractivity contribution in [2.24, 2.45) is 0 Å². The van der Waals surface area contributed by atoms with Crippen molar-refractivity contribution in [2.45, 2.75) is 53.5 Å². The first kappa shape index (κ1) is 55.5. The van der Waals surface area contributed by atoms with Gasteiger partial charge in [0.25, 0.3) is 0 Å². The molecule has 1 atom stereocenters. The Morgan fingerprint density at radius 2 is 0.576 bits per heavy atom. The molecule has 59 heavy (non-hydrogen) atoms. The third kappa shape index (κ3) is 7.84. The van der Waals surface area contributed by atoms with Crippen LogP contribution < -0.4 is 110 Å². The molecule has 0 aromatic heterocycles. The van der Waals surface area contributed by atoms with Gasteiger partial charge in [0.15, 0.2) is 42.6 Å². The maximum atomic E-state index is 6.55. The van der Waals surface area contributed by atoms with Crippen LogP contribution in [0.25, 0.3) is 0 Å². The molecular weight excluding hydrogens is 879 g/mol. The molecule has 3 aromatic rings. The second kappa shape index (κ2) is 21.9. The van der Waals surface area contributed by atoms with Crippen molar-refractivity contribution < 1.29 is 116 Å². The third-order valence-corrected chi connectivity index (χ3v) is 16.9. The molecule has 4 rings (SSSR count). The molecule has 17 heteroatoms. The van der Waals surface area contributed by atoms with E-state index in [0.29, 0.717) is 101 Å². The Kier molecular flexibility index (Phi) is 20.6. The summed E-state index contributed by atoms with van der Waals surface area (Å²) >= 11 is 0. The van der Waals surface area contributed by atoms with E-state index in [1.165, 1.54) is 0 Å². The molecule has 0 fully saturated rings. The van der Waals surface area contributed by atoms with E-state index < -0.39 is 13.1 Å². The molecule has 3 aromatic carbocycles. The fourth-order valence-electron chi connectivity index (χ4n) is 8.73. The molecule has 0 bridgehead atoms. The van der Waals surface area contributed by atoms with Crippen molar-refractivity contribution in [1.82, 2.24) is 0 Å². The number of methoxy groups -OCH3 is 12. The second-order valence-electron chi connectivity index (χ2n) is 13.3. The average molecular weight is 936 g/mol. The summed E-state index contributed by atoms with van der Waals surface area (Å²) in [5, 5.41) is 0.815. The van der Waals surface area contributed by atoms with Crippen molar-refractivity contribution >= 4 is 23.6 Å². The van der Waals surface area contributed by atoms with Gasteiger partial charge in [-0.2, -0.15) is 11.1 Å². The van der Waals surface area contributed by atoms with E-state index in [4.69, 9.17) is 56.8 Å². The molecule has 0 aliphatic heterocycles. The molecule has 326 valence electrons. The van der Waals surface area contributed by atoms with Crippen LogP contribution in [-0.2, 0) is 21.7 Å². The van der Waals surface area contributed by atoms with E-state index in [1.807, 2.05) is 20.8 Å². The van der Waals surface area contributed by atoms with Gasteiger partial charge in [-0.1, -0.05) is 25.8 Å². The maximum Gasteiger partial charge on any atom is 4.00 e. The summed E-state index contributed by atoms with van der Waals surface area (Å²) in [6.07, 6.45) is 3.99. The van der Waals surface area contributed by atoms with Crippen molar-refractivity contribution in [3.05, 3.63) is 39.5 Å². The second-order valence-corrected chi connectivity index (χ2v) is 17.3. The van der Waals surface area contributed by atoms with Crippen LogP contribution in [0.15, 0.2) is 16.7 Å². The Bertz CT molecular complexity index is 1870. The van der Waals surface area contributed by atoms with Crippen LogP contribution in [0.3, 0.4) is 0 Å². The number of benzene rings is 3. The standard InChI is InChI=1S/C42H57O12Si.3ClH.Ti/c1-21-20-42(7,26(6)22(21)2)55(39-30(46-11)23(3)27(43-8)33(49-14)36(39)52-17,40-31(47-12)24(4)28(44-9)34(50-15)37(40)53-18)41-32(48-13)25(5)29(45-10)35(51-16)38(41)54-19;;;;/h1-19H3;3*1H;/q-1;;;;+4/p-3. The number of hydrogen-bond donors (Lipinski definition) is 0. The minimum atomic E-state index is -4.35. The zero-order chi connectivity index (χ0) is 41.3. The molecule has 1 unspecified atom stereocenters. The van der Waals surface area contributed by atoms with Crippen LogP contribution >= 0.6 is 0 Å². The number of halogens is 3. The summed E-state index contributed by atoms with van der Waals surface area (Å²) < 4.78 is 75.9. The van der Waals surface area contributed by atoms with E-state index in [2.05, 4.69) is 33.8 Å². The Balaban J connectivity index is 0.00000841. The van der Waals surface area contributed by atoms with E-state index in [-0.39, 0.29) is 58.9 Å². The maximum absolute atomic E-state index is 6.55. The van der Waals surface area contributed by atoms with Gasteiger partial charge in [0, 0.05) is 32.3 Å². The normalized spacial score (nSPS) is 14.3. The van der Waals surface area contributed by atoms with Gasteiger partial charge in [-0.25, -0.2) is 5.57 Å². The average Bonchev–Trinajstić information content (AvgIpc) is 3.39. The van der Waals surface area contributed by atoms with Crippen molar-refractivity contribution in [3.63, 3.8) is 0 Å². The fraction of sp³-hybridized carbons (Fsp3) is 0.476. The number of rotatable bonds is 16. The number of hydrogen-bond acceptors (Lipinski definition) is 12. The summed E-state index contributed by atoms with van der Waals surface area (Å²) in [4.78, 5) is 0. The van der Waals surface area contributed by atoms with Gasteiger partial charge in [-0.05, 0) is 20.8 Å². The molecule has 1 aliphatic rings. The summed E-state index contributed by atoms with van der Waals surface area (Å²) in [6.45, 7) is 14.2. The summed E-state index contributed by atoms with van der Waals surface area (Å²) in [5.41, 5.74) is 4.99. The fourth-order valence-corrected chi connectivity index (χ4v) is 15.7. The Labute approximate surface area is 384 Å². The predicted molar refractivity (Wildman–Crippen MR) is 216 cm³/mol. The third-order valence-electron chi connectivity index (χ3n) is 11.3. The topological polar surface area (TPSA) is 111 Å². The Morgan fingerprint density at radius 3 is 0.746 bits per heavy atom. The molecular formula is C42H57Cl3O12SiTi. The molecule has 0 amide bonds. The van der Waals surface area contributed by atoms with E-state index in [9.17, 15) is 0 Å². The molecule has 0 N–H and O–H groups in total. The largest absolute Gasteiger partial charge is 4.00 e.